The molecule has 2 amide bonds. The molecule has 0 saturated carbocycles. The zero-order chi connectivity index (χ0) is 62.7. The van der Waals surface area contributed by atoms with Crippen molar-refractivity contribution in [2.75, 3.05) is 26.4 Å². The number of aliphatic hydroxyl groups is 11. The number of amides is 2. The van der Waals surface area contributed by atoms with Crippen molar-refractivity contribution >= 4 is 17.8 Å². The molecule has 3 fully saturated rings. The number of hydrogen-bond donors (Lipinski definition) is 14. The maximum Gasteiger partial charge on any atom is 0.339 e. The number of rotatable bonds is 47. The molecule has 85 heavy (non-hydrogen) atoms. The molecule has 0 bridgehead atoms. The quantitative estimate of drug-likeness (QED) is 0.0293. The van der Waals surface area contributed by atoms with E-state index < -0.39 is 160 Å². The number of carboxylic acid groups (broad SMARTS) is 1. The number of aliphatic hydroxyl groups excluding tert-OH is 11. The Morgan fingerprint density at radius 1 is 0.647 bits per heavy atom. The van der Waals surface area contributed by atoms with E-state index in [4.69, 9.17) is 23.7 Å². The highest BCUT2D eigenvalue weighted by molar-refractivity contribution is 5.79. The Morgan fingerprint density at radius 2 is 1.13 bits per heavy atom. The summed E-state index contributed by atoms with van der Waals surface area (Å²) >= 11 is 0. The van der Waals surface area contributed by atoms with Gasteiger partial charge in [0.05, 0.1) is 62.7 Å². The minimum absolute atomic E-state index is 0.189. The van der Waals surface area contributed by atoms with Crippen LogP contribution in [0.4, 0.5) is 4.39 Å². The SMILES string of the molecule is CCCCCCCCCCCCCCC/C=C/[C@@H](O)[C@H](CO[C@@H]1O[C@H](CO)[C@@H](O[C@@H]2O[C@H](CO)[C@H](O)[C@H]([C@@H](F)[C@]3(C(=O)O)C[C@H](O)[C@@H](NC(C)=O)[C@H]([C@H](O)[C@H](O)CO)O3)[C@H]2O)[C@H](O)[C@H]1O)NC(=O)CCCCCCCCCCCCCCCCC. The lowest BCUT2D eigenvalue weighted by Gasteiger charge is -2.52. The number of unbranched alkanes of at least 4 members (excludes halogenated alkanes) is 27. The van der Waals surface area contributed by atoms with Gasteiger partial charge in [0.1, 0.15) is 61.1 Å². The van der Waals surface area contributed by atoms with Crippen molar-refractivity contribution in [2.24, 2.45) is 5.92 Å². The second-order valence-electron chi connectivity index (χ2n) is 24.2. The van der Waals surface area contributed by atoms with Crippen LogP contribution in [0.5, 0.6) is 0 Å². The van der Waals surface area contributed by atoms with Crippen LogP contribution in [0, 0.1) is 5.92 Å². The molecule has 0 unspecified atom stereocenters. The zero-order valence-corrected chi connectivity index (χ0v) is 51.3. The van der Waals surface area contributed by atoms with Crippen molar-refractivity contribution < 1.29 is 104 Å². The third-order valence-electron chi connectivity index (χ3n) is 17.1. The van der Waals surface area contributed by atoms with Gasteiger partial charge in [0.15, 0.2) is 18.2 Å². The second-order valence-corrected chi connectivity index (χ2v) is 24.2. The minimum atomic E-state index is -3.29. The van der Waals surface area contributed by atoms with Gasteiger partial charge in [0.2, 0.25) is 11.8 Å². The molecule has 3 aliphatic rings. The number of allylic oxidation sites excluding steroid dienone is 1. The molecule has 0 aromatic carbocycles. The van der Waals surface area contributed by atoms with E-state index in [0.29, 0.717) is 12.8 Å². The molecule has 498 valence electrons. The van der Waals surface area contributed by atoms with Gasteiger partial charge in [-0.05, 0) is 19.3 Å². The molecular formula is C62H113FN2O20. The Hall–Kier alpha value is -2.56. The molecule has 0 spiro atoms. The van der Waals surface area contributed by atoms with Crippen LogP contribution in [-0.4, -0.2) is 215 Å². The normalized spacial score (nSPS) is 30.0. The van der Waals surface area contributed by atoms with Crippen LogP contribution in [0.15, 0.2) is 12.2 Å². The first-order chi connectivity index (χ1) is 40.8. The molecule has 0 aromatic rings. The van der Waals surface area contributed by atoms with Gasteiger partial charge in [-0.2, -0.15) is 0 Å². The molecule has 22 nitrogen and oxygen atoms in total. The highest BCUT2D eigenvalue weighted by atomic mass is 19.1. The largest absolute Gasteiger partial charge is 0.479 e. The van der Waals surface area contributed by atoms with Crippen LogP contribution < -0.4 is 10.6 Å². The van der Waals surface area contributed by atoms with Crippen molar-refractivity contribution in [1.82, 2.24) is 10.6 Å². The summed E-state index contributed by atoms with van der Waals surface area (Å²) in [7, 11) is 0. The van der Waals surface area contributed by atoms with Gasteiger partial charge in [-0.25, -0.2) is 9.18 Å². The summed E-state index contributed by atoms with van der Waals surface area (Å²) < 4.78 is 46.1. The number of carboxylic acids is 1. The fourth-order valence-electron chi connectivity index (χ4n) is 11.9. The van der Waals surface area contributed by atoms with Gasteiger partial charge in [0.25, 0.3) is 0 Å². The summed E-state index contributed by atoms with van der Waals surface area (Å²) in [6.07, 6.45) is 5.62. The predicted octanol–water partition coefficient (Wildman–Crippen LogP) is 4.56. The molecule has 3 aliphatic heterocycles. The molecule has 3 heterocycles. The van der Waals surface area contributed by atoms with Crippen molar-refractivity contribution in [3.63, 3.8) is 0 Å². The molecule has 19 atom stereocenters. The smallest absolute Gasteiger partial charge is 0.339 e. The second kappa shape index (κ2) is 43.2. The van der Waals surface area contributed by atoms with Crippen molar-refractivity contribution in [1.29, 1.82) is 0 Å². The first-order valence-electron chi connectivity index (χ1n) is 32.5. The topological polar surface area (TPSA) is 364 Å². The van der Waals surface area contributed by atoms with Gasteiger partial charge in [-0.3, -0.25) is 9.59 Å². The van der Waals surface area contributed by atoms with Gasteiger partial charge in [-0.15, -0.1) is 0 Å². The molecule has 0 radical (unpaired) electrons. The van der Waals surface area contributed by atoms with E-state index >= 15 is 4.39 Å². The number of hydrogen-bond acceptors (Lipinski definition) is 19. The van der Waals surface area contributed by atoms with E-state index in [1.807, 2.05) is 6.08 Å². The Morgan fingerprint density at radius 3 is 1.60 bits per heavy atom. The lowest BCUT2D eigenvalue weighted by molar-refractivity contribution is -0.362. The summed E-state index contributed by atoms with van der Waals surface area (Å²) in [6.45, 7) is 1.85. The summed E-state index contributed by atoms with van der Waals surface area (Å²) in [5.74, 6) is -5.64. The van der Waals surface area contributed by atoms with E-state index in [0.717, 1.165) is 51.9 Å². The van der Waals surface area contributed by atoms with E-state index in [1.54, 1.807) is 6.08 Å². The lowest BCUT2D eigenvalue weighted by atomic mass is 9.73. The Labute approximate surface area is 504 Å². The average molecular weight is 1230 g/mol. The van der Waals surface area contributed by atoms with E-state index in [9.17, 15) is 75.7 Å². The minimum Gasteiger partial charge on any atom is -0.479 e. The third-order valence-corrected chi connectivity index (χ3v) is 17.1. The van der Waals surface area contributed by atoms with E-state index in [-0.39, 0.29) is 12.3 Å². The predicted molar refractivity (Wildman–Crippen MR) is 314 cm³/mol. The Kier molecular flexibility index (Phi) is 39.0. The first-order valence-corrected chi connectivity index (χ1v) is 32.5. The summed E-state index contributed by atoms with van der Waals surface area (Å²) in [4.78, 5) is 38.5. The molecule has 23 heteroatoms. The van der Waals surface area contributed by atoms with Gasteiger partial charge in [0, 0.05) is 19.8 Å². The number of ether oxygens (including phenoxy) is 5. The number of halogens is 1. The van der Waals surface area contributed by atoms with Crippen LogP contribution in [0.25, 0.3) is 0 Å². The highest BCUT2D eigenvalue weighted by Gasteiger charge is 2.64. The van der Waals surface area contributed by atoms with Crippen molar-refractivity contribution in [3.8, 4) is 0 Å². The summed E-state index contributed by atoms with van der Waals surface area (Å²) in [6, 6.07) is -2.73. The zero-order valence-electron chi connectivity index (χ0n) is 51.3. The summed E-state index contributed by atoms with van der Waals surface area (Å²) in [5.41, 5.74) is -3.29. The fraction of sp³-hybridized carbons (Fsp3) is 0.919. The van der Waals surface area contributed by atoms with Crippen LogP contribution in [0.2, 0.25) is 0 Å². The maximum absolute atomic E-state index is 17.3. The number of nitrogens with one attached hydrogen (secondary N) is 2. The van der Waals surface area contributed by atoms with Gasteiger partial charge >= 0.3 is 5.97 Å². The number of alkyl halides is 1. The molecule has 3 saturated heterocycles. The molecular weight excluding hydrogens is 1110 g/mol. The highest BCUT2D eigenvalue weighted by Crippen LogP contribution is 2.44. The van der Waals surface area contributed by atoms with Gasteiger partial charge in [-0.1, -0.05) is 193 Å². The Bertz CT molecular complexity index is 1810. The Balaban J connectivity index is 1.68. The van der Waals surface area contributed by atoms with Crippen LogP contribution in [0.3, 0.4) is 0 Å². The number of carbonyl (C=O) groups is 3. The van der Waals surface area contributed by atoms with Crippen molar-refractivity contribution in [3.05, 3.63) is 12.2 Å². The molecule has 0 aromatic heterocycles. The van der Waals surface area contributed by atoms with E-state index in [2.05, 4.69) is 24.5 Å². The maximum atomic E-state index is 17.3. The van der Waals surface area contributed by atoms with E-state index in [1.165, 1.54) is 128 Å². The first kappa shape index (κ1) is 76.7. The standard InChI is InChI=1S/C62H113FN2O20/c1-4-6-8-10-12-14-16-18-20-22-24-26-28-30-32-34-43(70)42(65-48(73)35-33-31-29-27-25-23-21-19-17-15-13-11-9-7-5-2)40-81-59-55(78)54(77)56(47(39-68)83-59)84-60-53(76)49(52(75)46(38-67)82-60)58(63)62(61(79)80)36-44(71)50(64-41(3)69)57(85-62)51(74)45(72)37-66/h32,34,42-47,49-60,66-68,70-72,74-78H,4-31,33,35-40H2,1-3H3,(H,64,69)(H,65,73)(H,79,80)/b34-32+/t42-,43+,44-,45+,46+,47+,49-,50+,51+,52-,53+,54+,55+,56+,57+,58+,59+,60-,62-/m0/s1. The number of carbonyl (C=O) groups excluding carboxylic acids is 2. The molecule has 14 N–H and O–H groups in total. The van der Waals surface area contributed by atoms with Gasteiger partial charge < -0.3 is 95.6 Å². The summed E-state index contributed by atoms with van der Waals surface area (Å²) in [5, 5.41) is 136. The molecule has 0 aliphatic carbocycles. The monoisotopic (exact) mass is 1220 g/mol. The van der Waals surface area contributed by atoms with Crippen LogP contribution in [0.1, 0.15) is 220 Å². The fourth-order valence-corrected chi connectivity index (χ4v) is 11.9. The lowest BCUT2D eigenvalue weighted by Crippen LogP contribution is -2.72. The average Bonchev–Trinajstić information content (AvgIpc) is 1.49. The van der Waals surface area contributed by atoms with Crippen LogP contribution in [-0.2, 0) is 38.1 Å². The third kappa shape index (κ3) is 26.1. The molecule has 3 rings (SSSR count). The van der Waals surface area contributed by atoms with Crippen molar-refractivity contribution in [2.45, 2.75) is 330 Å². The number of aliphatic carboxylic acids is 1. The van der Waals surface area contributed by atoms with Crippen LogP contribution >= 0.6 is 0 Å².